The van der Waals surface area contributed by atoms with Gasteiger partial charge in [-0.3, -0.25) is 0 Å². The number of benzene rings is 2. The first-order chi connectivity index (χ1) is 14.3. The Balaban J connectivity index is 1.84. The van der Waals surface area contributed by atoms with Crippen LogP contribution in [0.5, 0.6) is 5.88 Å². The Morgan fingerprint density at radius 3 is 2.50 bits per heavy atom. The molecule has 0 fully saturated rings. The number of hydrogen-bond acceptors (Lipinski definition) is 7. The van der Waals surface area contributed by atoms with Gasteiger partial charge >= 0.3 is 0 Å². The van der Waals surface area contributed by atoms with Crippen molar-refractivity contribution in [2.75, 3.05) is 21.2 Å². The molecule has 0 N–H and O–H groups in total. The summed E-state index contributed by atoms with van der Waals surface area (Å²) in [5, 5.41) is 4.98. The maximum atomic E-state index is 12.5. The second kappa shape index (κ2) is 7.51. The minimum Gasteiger partial charge on any atom is -0.481 e. The van der Waals surface area contributed by atoms with E-state index in [0.29, 0.717) is 22.8 Å². The zero-order chi connectivity index (χ0) is 21.5. The molecule has 2 heterocycles. The van der Waals surface area contributed by atoms with E-state index in [1.165, 1.54) is 14.1 Å². The predicted octanol–water partition coefficient (Wildman–Crippen LogP) is 3.52. The van der Waals surface area contributed by atoms with E-state index >= 15 is 0 Å². The molecule has 9 heteroatoms. The van der Waals surface area contributed by atoms with Gasteiger partial charge in [0.1, 0.15) is 0 Å². The first kappa shape index (κ1) is 20.0. The van der Waals surface area contributed by atoms with Crippen molar-refractivity contribution in [1.29, 1.82) is 0 Å². The van der Waals surface area contributed by atoms with Gasteiger partial charge in [-0.25, -0.2) is 17.7 Å². The van der Waals surface area contributed by atoms with E-state index in [1.807, 2.05) is 31.2 Å². The van der Waals surface area contributed by atoms with Crippen molar-refractivity contribution in [3.63, 3.8) is 0 Å². The molecule has 0 radical (unpaired) electrons. The zero-order valence-electron chi connectivity index (χ0n) is 16.9. The topological polar surface area (TPSA) is 98.4 Å². The average Bonchev–Trinajstić information content (AvgIpc) is 3.22. The molecule has 8 nitrogen and oxygen atoms in total. The van der Waals surface area contributed by atoms with Crippen molar-refractivity contribution < 1.29 is 17.7 Å². The summed E-state index contributed by atoms with van der Waals surface area (Å²) >= 11 is 0. The van der Waals surface area contributed by atoms with E-state index in [1.54, 1.807) is 31.4 Å². The highest BCUT2D eigenvalue weighted by molar-refractivity contribution is 7.89. The van der Waals surface area contributed by atoms with E-state index in [9.17, 15) is 8.42 Å². The molecule has 4 aromatic rings. The van der Waals surface area contributed by atoms with Gasteiger partial charge in [0, 0.05) is 36.7 Å². The fraction of sp³-hybridized carbons (Fsp3) is 0.190. The van der Waals surface area contributed by atoms with Crippen LogP contribution in [0.3, 0.4) is 0 Å². The van der Waals surface area contributed by atoms with Crippen LogP contribution in [-0.4, -0.2) is 49.1 Å². The van der Waals surface area contributed by atoms with Crippen LogP contribution < -0.4 is 4.74 Å². The van der Waals surface area contributed by atoms with Gasteiger partial charge < -0.3 is 9.26 Å². The molecule has 30 heavy (non-hydrogen) atoms. The minimum absolute atomic E-state index is 0.156. The van der Waals surface area contributed by atoms with E-state index in [2.05, 4.69) is 15.1 Å². The Morgan fingerprint density at radius 1 is 1.00 bits per heavy atom. The lowest BCUT2D eigenvalue weighted by molar-refractivity contribution is 0.399. The molecule has 154 valence electrons. The number of hydrogen-bond donors (Lipinski definition) is 0. The smallest absolute Gasteiger partial charge is 0.258 e. The van der Waals surface area contributed by atoms with E-state index in [0.717, 1.165) is 20.8 Å². The number of sulfonamides is 1. The maximum Gasteiger partial charge on any atom is 0.258 e. The molecule has 0 amide bonds. The van der Waals surface area contributed by atoms with Crippen molar-refractivity contribution in [1.82, 2.24) is 19.4 Å². The molecule has 0 atom stereocenters. The second-order valence-electron chi connectivity index (χ2n) is 6.92. The van der Waals surface area contributed by atoms with E-state index < -0.39 is 10.0 Å². The number of aryl methyl sites for hydroxylation is 1. The molecule has 2 aromatic heterocycles. The third-order valence-corrected chi connectivity index (χ3v) is 6.60. The van der Waals surface area contributed by atoms with Gasteiger partial charge in [0.15, 0.2) is 0 Å². The lowest BCUT2D eigenvalue weighted by Gasteiger charge is -2.12. The Bertz CT molecular complexity index is 1350. The second-order valence-corrected chi connectivity index (χ2v) is 9.07. The summed E-state index contributed by atoms with van der Waals surface area (Å²) in [6, 6.07) is 14.2. The van der Waals surface area contributed by atoms with Crippen LogP contribution in [0.25, 0.3) is 33.7 Å². The molecule has 0 aliphatic carbocycles. The summed E-state index contributed by atoms with van der Waals surface area (Å²) in [5.74, 6) is 1.03. The van der Waals surface area contributed by atoms with Gasteiger partial charge in [-0.05, 0) is 30.7 Å². The number of rotatable bonds is 5. The number of pyridine rings is 1. The molecule has 2 aromatic carbocycles. The highest BCUT2D eigenvalue weighted by atomic mass is 32.2. The van der Waals surface area contributed by atoms with Crippen molar-refractivity contribution in [2.24, 2.45) is 0 Å². The largest absolute Gasteiger partial charge is 0.481 e. The van der Waals surface area contributed by atoms with Crippen molar-refractivity contribution in [3.05, 3.63) is 54.1 Å². The number of ether oxygens (including phenoxy) is 1. The third-order valence-electron chi connectivity index (χ3n) is 4.79. The van der Waals surface area contributed by atoms with Crippen molar-refractivity contribution >= 4 is 20.9 Å². The first-order valence-electron chi connectivity index (χ1n) is 9.12. The van der Waals surface area contributed by atoms with Gasteiger partial charge in [-0.2, -0.15) is 4.98 Å². The van der Waals surface area contributed by atoms with Crippen molar-refractivity contribution in [2.45, 2.75) is 11.8 Å². The normalized spacial score (nSPS) is 11.9. The molecule has 0 bridgehead atoms. The molecule has 4 rings (SSSR count). The van der Waals surface area contributed by atoms with Crippen LogP contribution in [0.4, 0.5) is 0 Å². The molecule has 0 saturated carbocycles. The fourth-order valence-electron chi connectivity index (χ4n) is 3.09. The van der Waals surface area contributed by atoms with Gasteiger partial charge in [-0.15, -0.1) is 0 Å². The molecular formula is C21H20N4O4S. The summed E-state index contributed by atoms with van der Waals surface area (Å²) in [4.78, 5) is 9.13. The maximum absolute atomic E-state index is 12.5. The molecule has 0 spiro atoms. The molecule has 0 saturated heterocycles. The van der Waals surface area contributed by atoms with Crippen LogP contribution in [0, 0.1) is 6.92 Å². The molecule has 0 aliphatic heterocycles. The SMILES string of the molecule is COc1cc(-c2noc(-c3cc(S(=O)(=O)N(C)C)ccc3C)n2)c2ccccc2n1. The van der Waals surface area contributed by atoms with E-state index in [-0.39, 0.29) is 10.8 Å². The number of nitrogens with zero attached hydrogens (tertiary/aromatic N) is 4. The van der Waals surface area contributed by atoms with Crippen LogP contribution in [-0.2, 0) is 10.0 Å². The number of fused-ring (bicyclic) bond motifs is 1. The Hall–Kier alpha value is -3.30. The number of para-hydroxylation sites is 1. The molecular weight excluding hydrogens is 404 g/mol. The Kier molecular flexibility index (Phi) is 5.00. The highest BCUT2D eigenvalue weighted by Gasteiger charge is 2.21. The van der Waals surface area contributed by atoms with Gasteiger partial charge in [-0.1, -0.05) is 29.4 Å². The summed E-state index contributed by atoms with van der Waals surface area (Å²) < 4.78 is 37.0. The van der Waals surface area contributed by atoms with Crippen LogP contribution in [0.2, 0.25) is 0 Å². The fourth-order valence-corrected chi connectivity index (χ4v) is 4.01. The number of aromatic nitrogens is 3. The summed E-state index contributed by atoms with van der Waals surface area (Å²) in [7, 11) is 0.931. The Labute approximate surface area is 174 Å². The van der Waals surface area contributed by atoms with Gasteiger partial charge in [0.25, 0.3) is 5.89 Å². The van der Waals surface area contributed by atoms with E-state index in [4.69, 9.17) is 9.26 Å². The quantitative estimate of drug-likeness (QED) is 0.483. The van der Waals surface area contributed by atoms with Gasteiger partial charge in [0.2, 0.25) is 21.7 Å². The predicted molar refractivity (Wildman–Crippen MR) is 113 cm³/mol. The van der Waals surface area contributed by atoms with Gasteiger partial charge in [0.05, 0.1) is 17.5 Å². The average molecular weight is 424 g/mol. The molecule has 0 aliphatic rings. The summed E-state index contributed by atoms with van der Waals surface area (Å²) in [6.45, 7) is 1.86. The number of methoxy groups -OCH3 is 1. The minimum atomic E-state index is -3.59. The standard InChI is InChI=1S/C21H20N4O4S/c1-13-9-10-14(30(26,27)25(2)3)11-16(13)21-23-20(24-29-21)17-12-19(28-4)22-18-8-6-5-7-15(17)18/h5-12H,1-4H3. The highest BCUT2D eigenvalue weighted by Crippen LogP contribution is 2.32. The summed E-state index contributed by atoms with van der Waals surface area (Å²) in [6.07, 6.45) is 0. The van der Waals surface area contributed by atoms with Crippen LogP contribution in [0.1, 0.15) is 5.56 Å². The lowest BCUT2D eigenvalue weighted by Crippen LogP contribution is -2.22. The lowest BCUT2D eigenvalue weighted by atomic mass is 10.1. The summed E-state index contributed by atoms with van der Waals surface area (Å²) in [5.41, 5.74) is 2.83. The van der Waals surface area contributed by atoms with Crippen molar-refractivity contribution in [3.8, 4) is 28.7 Å². The Morgan fingerprint density at radius 2 is 1.77 bits per heavy atom. The van der Waals surface area contributed by atoms with Crippen LogP contribution in [0.15, 0.2) is 57.9 Å². The van der Waals surface area contributed by atoms with Crippen LogP contribution >= 0.6 is 0 Å². The monoisotopic (exact) mass is 424 g/mol. The third kappa shape index (κ3) is 3.42. The first-order valence-corrected chi connectivity index (χ1v) is 10.6. The molecule has 0 unspecified atom stereocenters. The zero-order valence-corrected chi connectivity index (χ0v) is 17.8.